The Kier molecular flexibility index (Phi) is 4.26. The maximum absolute atomic E-state index is 5.98. The van der Waals surface area contributed by atoms with Crippen LogP contribution in [0.5, 0.6) is 0 Å². The third-order valence-corrected chi connectivity index (χ3v) is 3.78. The molecule has 1 aromatic heterocycles. The number of anilines is 1. The normalized spacial score (nSPS) is 10.5. The van der Waals surface area contributed by atoms with Gasteiger partial charge in [0.2, 0.25) is 0 Å². The Labute approximate surface area is 115 Å². The highest BCUT2D eigenvalue weighted by Gasteiger charge is 2.06. The van der Waals surface area contributed by atoms with Crippen molar-refractivity contribution in [2.45, 2.75) is 13.3 Å². The fraction of sp³-hybridized carbons (Fsp3) is 0.250. The van der Waals surface area contributed by atoms with Crippen LogP contribution in [-0.2, 0) is 0 Å². The van der Waals surface area contributed by atoms with Gasteiger partial charge in [0.25, 0.3) is 0 Å². The first-order valence-corrected chi connectivity index (χ1v) is 6.99. The lowest BCUT2D eigenvalue weighted by molar-refractivity contribution is 0.976. The van der Waals surface area contributed by atoms with Gasteiger partial charge in [0.15, 0.2) is 5.13 Å². The van der Waals surface area contributed by atoms with Crippen LogP contribution in [0.4, 0.5) is 5.13 Å². The van der Waals surface area contributed by atoms with Crippen LogP contribution in [0, 0.1) is 0 Å². The molecule has 1 N–H and O–H groups in total. The van der Waals surface area contributed by atoms with Crippen LogP contribution in [-0.4, -0.2) is 11.5 Å². The SMILES string of the molecule is CCCNc1nc(-c2ccc(Cl)c(Cl)c2)cs1. The van der Waals surface area contributed by atoms with Crippen molar-refractivity contribution in [3.8, 4) is 11.3 Å². The lowest BCUT2D eigenvalue weighted by Crippen LogP contribution is -1.98. The molecule has 0 bridgehead atoms. The molecule has 0 aliphatic rings. The van der Waals surface area contributed by atoms with E-state index >= 15 is 0 Å². The number of aromatic nitrogens is 1. The van der Waals surface area contributed by atoms with Gasteiger partial charge in [-0.15, -0.1) is 11.3 Å². The van der Waals surface area contributed by atoms with Crippen LogP contribution in [0.2, 0.25) is 10.0 Å². The number of thiazole rings is 1. The molecule has 0 unspecified atom stereocenters. The number of hydrogen-bond donors (Lipinski definition) is 1. The van der Waals surface area contributed by atoms with Gasteiger partial charge in [0.1, 0.15) is 0 Å². The maximum atomic E-state index is 5.98. The van der Waals surface area contributed by atoms with E-state index in [9.17, 15) is 0 Å². The predicted octanol–water partition coefficient (Wildman–Crippen LogP) is 4.94. The molecule has 0 fully saturated rings. The van der Waals surface area contributed by atoms with E-state index in [0.717, 1.165) is 29.4 Å². The summed E-state index contributed by atoms with van der Waals surface area (Å²) in [5.74, 6) is 0. The number of nitrogens with one attached hydrogen (secondary N) is 1. The van der Waals surface area contributed by atoms with Crippen molar-refractivity contribution in [2.75, 3.05) is 11.9 Å². The highest BCUT2D eigenvalue weighted by molar-refractivity contribution is 7.14. The fourth-order valence-electron chi connectivity index (χ4n) is 1.37. The van der Waals surface area contributed by atoms with E-state index < -0.39 is 0 Å². The summed E-state index contributed by atoms with van der Waals surface area (Å²) in [5.41, 5.74) is 1.91. The summed E-state index contributed by atoms with van der Waals surface area (Å²) in [5, 5.41) is 7.33. The zero-order chi connectivity index (χ0) is 12.3. The Bertz CT molecular complexity index is 511. The standard InChI is InChI=1S/C12H12Cl2N2S/c1-2-5-15-12-16-11(7-17-12)8-3-4-9(13)10(14)6-8/h3-4,6-7H,2,5H2,1H3,(H,15,16). The highest BCUT2D eigenvalue weighted by atomic mass is 35.5. The summed E-state index contributed by atoms with van der Waals surface area (Å²) < 4.78 is 0. The average Bonchev–Trinajstić information content (AvgIpc) is 2.79. The quantitative estimate of drug-likeness (QED) is 0.861. The predicted molar refractivity (Wildman–Crippen MR) is 76.4 cm³/mol. The first-order valence-electron chi connectivity index (χ1n) is 5.35. The van der Waals surface area contributed by atoms with E-state index in [-0.39, 0.29) is 0 Å². The van der Waals surface area contributed by atoms with Gasteiger partial charge in [0, 0.05) is 17.5 Å². The molecule has 90 valence electrons. The zero-order valence-corrected chi connectivity index (χ0v) is 11.7. The molecule has 0 amide bonds. The largest absolute Gasteiger partial charge is 0.362 e. The Morgan fingerprint density at radius 3 is 2.82 bits per heavy atom. The molecule has 1 heterocycles. The van der Waals surface area contributed by atoms with Crippen LogP contribution < -0.4 is 5.32 Å². The van der Waals surface area contributed by atoms with Crippen LogP contribution in [0.25, 0.3) is 11.3 Å². The molecule has 0 spiro atoms. The molecule has 0 aliphatic heterocycles. The molecule has 0 saturated heterocycles. The fourth-order valence-corrected chi connectivity index (χ4v) is 2.42. The van der Waals surface area contributed by atoms with E-state index in [4.69, 9.17) is 23.2 Å². The topological polar surface area (TPSA) is 24.9 Å². The second-order valence-electron chi connectivity index (χ2n) is 3.59. The number of rotatable bonds is 4. The smallest absolute Gasteiger partial charge is 0.183 e. The minimum atomic E-state index is 0.556. The number of nitrogens with zero attached hydrogens (tertiary/aromatic N) is 1. The van der Waals surface area contributed by atoms with E-state index in [2.05, 4.69) is 17.2 Å². The summed E-state index contributed by atoms with van der Waals surface area (Å²) in [6.07, 6.45) is 1.09. The Balaban J connectivity index is 2.21. The minimum Gasteiger partial charge on any atom is -0.362 e. The third-order valence-electron chi connectivity index (χ3n) is 2.25. The number of benzene rings is 1. The van der Waals surface area contributed by atoms with E-state index in [1.807, 2.05) is 17.5 Å². The third kappa shape index (κ3) is 3.12. The second-order valence-corrected chi connectivity index (χ2v) is 5.27. The summed E-state index contributed by atoms with van der Waals surface area (Å²) in [7, 11) is 0. The minimum absolute atomic E-state index is 0.556. The second kappa shape index (κ2) is 5.71. The lowest BCUT2D eigenvalue weighted by atomic mass is 10.2. The van der Waals surface area contributed by atoms with Gasteiger partial charge < -0.3 is 5.32 Å². The Morgan fingerprint density at radius 1 is 1.29 bits per heavy atom. The van der Waals surface area contributed by atoms with E-state index in [0.29, 0.717) is 10.0 Å². The van der Waals surface area contributed by atoms with Gasteiger partial charge in [-0.2, -0.15) is 0 Å². The molecule has 0 aliphatic carbocycles. The summed E-state index contributed by atoms with van der Waals surface area (Å²) in [6.45, 7) is 3.06. The maximum Gasteiger partial charge on any atom is 0.183 e. The van der Waals surface area contributed by atoms with Crippen LogP contribution in [0.3, 0.4) is 0 Å². The van der Waals surface area contributed by atoms with Gasteiger partial charge in [-0.1, -0.05) is 36.2 Å². The van der Waals surface area contributed by atoms with Gasteiger partial charge >= 0.3 is 0 Å². The molecule has 2 nitrogen and oxygen atoms in total. The van der Waals surface area contributed by atoms with Crippen molar-refractivity contribution in [1.29, 1.82) is 0 Å². The van der Waals surface area contributed by atoms with Crippen LogP contribution >= 0.6 is 34.5 Å². The first-order chi connectivity index (χ1) is 8.20. The Hall–Kier alpha value is -0.770. The zero-order valence-electron chi connectivity index (χ0n) is 9.34. The van der Waals surface area contributed by atoms with Crippen molar-refractivity contribution in [3.63, 3.8) is 0 Å². The average molecular weight is 287 g/mol. The summed E-state index contributed by atoms with van der Waals surface area (Å²) in [6, 6.07) is 5.55. The lowest BCUT2D eigenvalue weighted by Gasteiger charge is -2.00. The van der Waals surface area contributed by atoms with E-state index in [1.54, 1.807) is 17.4 Å². The number of hydrogen-bond acceptors (Lipinski definition) is 3. The molecular weight excluding hydrogens is 275 g/mol. The summed E-state index contributed by atoms with van der Waals surface area (Å²) >= 11 is 13.5. The van der Waals surface area contributed by atoms with Crippen molar-refractivity contribution in [3.05, 3.63) is 33.6 Å². The van der Waals surface area contributed by atoms with Crippen molar-refractivity contribution < 1.29 is 0 Å². The van der Waals surface area contributed by atoms with Crippen molar-refractivity contribution in [2.24, 2.45) is 0 Å². The first kappa shape index (κ1) is 12.7. The van der Waals surface area contributed by atoms with Gasteiger partial charge in [-0.25, -0.2) is 4.98 Å². The van der Waals surface area contributed by atoms with Crippen LogP contribution in [0.1, 0.15) is 13.3 Å². The molecular formula is C12H12Cl2N2S. The molecule has 2 rings (SSSR count). The van der Waals surface area contributed by atoms with Gasteiger partial charge in [-0.05, 0) is 18.6 Å². The molecule has 1 aromatic carbocycles. The summed E-state index contributed by atoms with van der Waals surface area (Å²) in [4.78, 5) is 4.49. The number of halogens is 2. The van der Waals surface area contributed by atoms with Gasteiger partial charge in [-0.3, -0.25) is 0 Å². The highest BCUT2D eigenvalue weighted by Crippen LogP contribution is 2.30. The molecule has 17 heavy (non-hydrogen) atoms. The monoisotopic (exact) mass is 286 g/mol. The molecule has 0 saturated carbocycles. The van der Waals surface area contributed by atoms with Crippen molar-refractivity contribution >= 4 is 39.7 Å². The van der Waals surface area contributed by atoms with E-state index in [1.165, 1.54) is 0 Å². The Morgan fingerprint density at radius 2 is 2.12 bits per heavy atom. The van der Waals surface area contributed by atoms with Crippen LogP contribution in [0.15, 0.2) is 23.6 Å². The molecule has 0 radical (unpaired) electrons. The van der Waals surface area contributed by atoms with Gasteiger partial charge in [0.05, 0.1) is 15.7 Å². The molecule has 2 aromatic rings. The molecule has 5 heteroatoms. The van der Waals surface area contributed by atoms with Crippen molar-refractivity contribution in [1.82, 2.24) is 4.98 Å². The molecule has 0 atom stereocenters.